The van der Waals surface area contributed by atoms with Gasteiger partial charge in [0.05, 0.1) is 0 Å². The van der Waals surface area contributed by atoms with E-state index in [2.05, 4.69) is 41.3 Å². The molecule has 2 saturated carbocycles. The first-order valence-electron chi connectivity index (χ1n) is 8.35. The Bertz CT molecular complexity index is 468. The van der Waals surface area contributed by atoms with Crippen molar-refractivity contribution >= 4 is 11.8 Å². The molecule has 0 bridgehead atoms. The second-order valence-electron chi connectivity index (χ2n) is 6.92. The highest BCUT2D eigenvalue weighted by Gasteiger charge is 2.33. The molecule has 2 fully saturated rings. The molecule has 1 aromatic rings. The van der Waals surface area contributed by atoms with E-state index in [1.54, 1.807) is 10.5 Å². The minimum atomic E-state index is 0.822. The molecular formula is C18H25NS. The van der Waals surface area contributed by atoms with Gasteiger partial charge in [0.25, 0.3) is 0 Å². The van der Waals surface area contributed by atoms with Gasteiger partial charge in [-0.1, -0.05) is 31.0 Å². The minimum Gasteiger partial charge on any atom is -0.314 e. The summed E-state index contributed by atoms with van der Waals surface area (Å²) in [7, 11) is 0. The lowest BCUT2D eigenvalue weighted by Gasteiger charge is -2.23. The van der Waals surface area contributed by atoms with Crippen molar-refractivity contribution in [3.8, 4) is 0 Å². The molecule has 3 atom stereocenters. The lowest BCUT2D eigenvalue weighted by atomic mass is 9.84. The number of hydrogen-bond donors (Lipinski definition) is 1. The lowest BCUT2D eigenvalue weighted by molar-refractivity contribution is 0.331. The fourth-order valence-electron chi connectivity index (χ4n) is 4.09. The van der Waals surface area contributed by atoms with Gasteiger partial charge in [0.15, 0.2) is 0 Å². The predicted octanol–water partition coefficient (Wildman–Crippen LogP) is 4.43. The number of nitrogens with one attached hydrogen (secondary N) is 1. The summed E-state index contributed by atoms with van der Waals surface area (Å²) < 4.78 is 0. The number of thioether (sulfide) groups is 1. The van der Waals surface area contributed by atoms with Crippen molar-refractivity contribution in [2.75, 3.05) is 12.3 Å². The number of fused-ring (bicyclic) bond motifs is 1. The monoisotopic (exact) mass is 287 g/mol. The third-order valence-corrected chi connectivity index (χ3v) is 6.70. The van der Waals surface area contributed by atoms with Crippen LogP contribution in [0.4, 0.5) is 0 Å². The molecule has 2 aliphatic carbocycles. The molecular weight excluding hydrogens is 262 g/mol. The van der Waals surface area contributed by atoms with Gasteiger partial charge in [-0.3, -0.25) is 0 Å². The highest BCUT2D eigenvalue weighted by molar-refractivity contribution is 7.99. The Hall–Kier alpha value is -0.470. The Morgan fingerprint density at radius 3 is 2.80 bits per heavy atom. The fraction of sp³-hybridized carbons (Fsp3) is 0.667. The zero-order valence-corrected chi connectivity index (χ0v) is 13.0. The Morgan fingerprint density at radius 2 is 1.90 bits per heavy atom. The Balaban J connectivity index is 1.38. The quantitative estimate of drug-likeness (QED) is 0.859. The molecule has 1 nitrogen and oxygen atoms in total. The predicted molar refractivity (Wildman–Crippen MR) is 86.4 cm³/mol. The van der Waals surface area contributed by atoms with Crippen LogP contribution in [-0.4, -0.2) is 18.3 Å². The van der Waals surface area contributed by atoms with E-state index < -0.39 is 0 Å². The van der Waals surface area contributed by atoms with Crippen LogP contribution in [0.25, 0.3) is 0 Å². The zero-order valence-electron chi connectivity index (χ0n) is 12.2. The van der Waals surface area contributed by atoms with E-state index in [0.29, 0.717) is 0 Å². The summed E-state index contributed by atoms with van der Waals surface area (Å²) in [5.41, 5.74) is 1.64. The molecule has 0 amide bonds. The Morgan fingerprint density at radius 1 is 1.05 bits per heavy atom. The lowest BCUT2D eigenvalue weighted by Crippen LogP contribution is -2.27. The van der Waals surface area contributed by atoms with E-state index in [4.69, 9.17) is 0 Å². The summed E-state index contributed by atoms with van der Waals surface area (Å²) in [6.07, 6.45) is 8.67. The average Bonchev–Trinajstić information content (AvgIpc) is 3.07. The maximum absolute atomic E-state index is 3.77. The van der Waals surface area contributed by atoms with E-state index >= 15 is 0 Å². The number of benzene rings is 1. The molecule has 2 heteroatoms. The average molecular weight is 287 g/mol. The molecule has 4 rings (SSSR count). The van der Waals surface area contributed by atoms with Crippen LogP contribution in [0, 0.1) is 11.8 Å². The zero-order chi connectivity index (χ0) is 13.4. The molecule has 0 aromatic heterocycles. The molecule has 108 valence electrons. The Kier molecular flexibility index (Phi) is 3.78. The van der Waals surface area contributed by atoms with Gasteiger partial charge in [-0.25, -0.2) is 0 Å². The summed E-state index contributed by atoms with van der Waals surface area (Å²) in [5.74, 6) is 4.06. The summed E-state index contributed by atoms with van der Waals surface area (Å²) >= 11 is 2.07. The topological polar surface area (TPSA) is 12.0 Å². The van der Waals surface area contributed by atoms with Crippen molar-refractivity contribution in [3.05, 3.63) is 29.8 Å². The van der Waals surface area contributed by atoms with Crippen LogP contribution in [0.2, 0.25) is 0 Å². The first-order chi connectivity index (χ1) is 9.90. The third kappa shape index (κ3) is 2.78. The second kappa shape index (κ2) is 5.73. The standard InChI is InChI=1S/C18H25NS/c1-2-7-18-17(6-1)15(12-20-18)10-13-4-3-5-14(13)11-19-16-8-9-16/h1-2,6-7,13-16,19H,3-5,8-12H2. The minimum absolute atomic E-state index is 0.822. The molecule has 0 spiro atoms. The van der Waals surface area contributed by atoms with E-state index in [-0.39, 0.29) is 0 Å². The van der Waals surface area contributed by atoms with Gasteiger partial charge in [0.1, 0.15) is 0 Å². The number of rotatable bonds is 5. The largest absolute Gasteiger partial charge is 0.314 e. The fourth-order valence-corrected chi connectivity index (χ4v) is 5.36. The summed E-state index contributed by atoms with van der Waals surface area (Å²) in [6.45, 7) is 1.29. The van der Waals surface area contributed by atoms with Gasteiger partial charge in [-0.05, 0) is 61.6 Å². The first kappa shape index (κ1) is 13.2. The van der Waals surface area contributed by atoms with E-state index in [1.807, 2.05) is 0 Å². The van der Waals surface area contributed by atoms with Crippen molar-refractivity contribution in [2.24, 2.45) is 11.8 Å². The number of hydrogen-bond acceptors (Lipinski definition) is 2. The van der Waals surface area contributed by atoms with Gasteiger partial charge in [-0.2, -0.15) is 0 Å². The van der Waals surface area contributed by atoms with Gasteiger partial charge in [0, 0.05) is 16.7 Å². The molecule has 3 aliphatic rings. The molecule has 0 radical (unpaired) electrons. The van der Waals surface area contributed by atoms with Crippen molar-refractivity contribution in [2.45, 2.75) is 55.4 Å². The molecule has 0 saturated heterocycles. The van der Waals surface area contributed by atoms with Gasteiger partial charge >= 0.3 is 0 Å². The van der Waals surface area contributed by atoms with Crippen molar-refractivity contribution < 1.29 is 0 Å². The molecule has 1 aliphatic heterocycles. The molecule has 1 aromatic carbocycles. The normalized spacial score (nSPS) is 32.5. The maximum Gasteiger partial charge on any atom is 0.0107 e. The highest BCUT2D eigenvalue weighted by Crippen LogP contribution is 2.46. The first-order valence-corrected chi connectivity index (χ1v) is 9.34. The maximum atomic E-state index is 3.77. The van der Waals surface area contributed by atoms with Crippen LogP contribution < -0.4 is 5.32 Å². The van der Waals surface area contributed by atoms with Crippen LogP contribution in [0.15, 0.2) is 29.2 Å². The van der Waals surface area contributed by atoms with Crippen LogP contribution in [0.3, 0.4) is 0 Å². The summed E-state index contributed by atoms with van der Waals surface area (Å²) in [6, 6.07) is 9.96. The molecule has 3 unspecified atom stereocenters. The highest BCUT2D eigenvalue weighted by atomic mass is 32.2. The molecule has 20 heavy (non-hydrogen) atoms. The molecule has 1 heterocycles. The summed E-state index contributed by atoms with van der Waals surface area (Å²) in [4.78, 5) is 1.54. The van der Waals surface area contributed by atoms with Crippen LogP contribution in [-0.2, 0) is 0 Å². The summed E-state index contributed by atoms with van der Waals surface area (Å²) in [5, 5.41) is 3.77. The smallest absolute Gasteiger partial charge is 0.0107 e. The van der Waals surface area contributed by atoms with Gasteiger partial charge in [-0.15, -0.1) is 11.8 Å². The van der Waals surface area contributed by atoms with Gasteiger partial charge < -0.3 is 5.32 Å². The van der Waals surface area contributed by atoms with Gasteiger partial charge in [0.2, 0.25) is 0 Å². The molecule has 1 N–H and O–H groups in total. The SMILES string of the molecule is c1ccc2c(c1)SCC2CC1CCCC1CNC1CC1. The third-order valence-electron chi connectivity index (χ3n) is 5.45. The van der Waals surface area contributed by atoms with E-state index in [0.717, 1.165) is 23.8 Å². The van der Waals surface area contributed by atoms with Crippen LogP contribution in [0.5, 0.6) is 0 Å². The Labute approximate surface area is 126 Å². The van der Waals surface area contributed by atoms with Crippen LogP contribution >= 0.6 is 11.8 Å². The van der Waals surface area contributed by atoms with E-state index in [9.17, 15) is 0 Å². The van der Waals surface area contributed by atoms with Crippen molar-refractivity contribution in [1.29, 1.82) is 0 Å². The van der Waals surface area contributed by atoms with Crippen LogP contribution in [0.1, 0.15) is 50.0 Å². The van der Waals surface area contributed by atoms with Crippen molar-refractivity contribution in [3.63, 3.8) is 0 Å². The van der Waals surface area contributed by atoms with E-state index in [1.165, 1.54) is 50.8 Å². The van der Waals surface area contributed by atoms with Crippen molar-refractivity contribution in [1.82, 2.24) is 5.32 Å². The second-order valence-corrected chi connectivity index (χ2v) is 7.98.